The van der Waals surface area contributed by atoms with E-state index in [4.69, 9.17) is 10.00 Å². The second-order valence-corrected chi connectivity index (χ2v) is 3.72. The van der Waals surface area contributed by atoms with E-state index in [1.54, 1.807) is 0 Å². The van der Waals surface area contributed by atoms with E-state index < -0.39 is 6.10 Å². The molecule has 1 aliphatic heterocycles. The Morgan fingerprint density at radius 3 is 2.87 bits per heavy atom. The van der Waals surface area contributed by atoms with Crippen LogP contribution in [0.1, 0.15) is 13.8 Å². The van der Waals surface area contributed by atoms with E-state index in [0.717, 1.165) is 0 Å². The third-order valence-corrected chi connectivity index (χ3v) is 2.49. The van der Waals surface area contributed by atoms with Gasteiger partial charge in [0, 0.05) is 13.1 Å². The average molecular weight is 212 g/mol. The van der Waals surface area contributed by atoms with E-state index in [1.807, 2.05) is 18.7 Å². The third kappa shape index (κ3) is 2.91. The zero-order valence-electron chi connectivity index (χ0n) is 9.27. The van der Waals surface area contributed by atoms with Gasteiger partial charge in [-0.15, -0.1) is 0 Å². The number of esters is 1. The number of methoxy groups -OCH3 is 1. The topological polar surface area (TPSA) is 62.6 Å². The number of nitrogens with zero attached hydrogens (tertiary/aromatic N) is 2. The summed E-state index contributed by atoms with van der Waals surface area (Å²) in [7, 11) is 1.34. The fourth-order valence-electron chi connectivity index (χ4n) is 1.64. The van der Waals surface area contributed by atoms with Gasteiger partial charge in [0.05, 0.1) is 25.3 Å². The van der Waals surface area contributed by atoms with Crippen molar-refractivity contribution < 1.29 is 14.3 Å². The zero-order valence-corrected chi connectivity index (χ0v) is 9.27. The van der Waals surface area contributed by atoms with Crippen LogP contribution in [0.2, 0.25) is 0 Å². The van der Waals surface area contributed by atoms with Crippen LogP contribution in [-0.4, -0.2) is 49.3 Å². The molecular formula is C10H16N2O3. The number of ether oxygens (including phenoxy) is 2. The van der Waals surface area contributed by atoms with E-state index in [0.29, 0.717) is 13.1 Å². The minimum absolute atomic E-state index is 0.0568. The first-order valence-corrected chi connectivity index (χ1v) is 4.95. The Kier molecular flexibility index (Phi) is 4.06. The molecule has 3 atom stereocenters. The van der Waals surface area contributed by atoms with Gasteiger partial charge in [-0.25, -0.2) is 4.79 Å². The maximum absolute atomic E-state index is 11.3. The molecule has 1 fully saturated rings. The van der Waals surface area contributed by atoms with Gasteiger partial charge < -0.3 is 9.47 Å². The van der Waals surface area contributed by atoms with E-state index in [2.05, 4.69) is 10.8 Å². The summed E-state index contributed by atoms with van der Waals surface area (Å²) in [6.45, 7) is 4.78. The van der Waals surface area contributed by atoms with Crippen molar-refractivity contribution in [2.75, 3.05) is 20.2 Å². The molecule has 84 valence electrons. The fourth-order valence-corrected chi connectivity index (χ4v) is 1.64. The van der Waals surface area contributed by atoms with Gasteiger partial charge in [-0.3, -0.25) is 4.90 Å². The Hall–Kier alpha value is -1.12. The lowest BCUT2D eigenvalue weighted by Crippen LogP contribution is -2.52. The number of hydrogen-bond donors (Lipinski definition) is 0. The minimum atomic E-state index is -0.574. The van der Waals surface area contributed by atoms with Crippen LogP contribution >= 0.6 is 0 Å². The van der Waals surface area contributed by atoms with Crippen LogP contribution in [0.3, 0.4) is 0 Å². The molecule has 0 unspecified atom stereocenters. The van der Waals surface area contributed by atoms with Crippen LogP contribution in [-0.2, 0) is 14.3 Å². The molecule has 0 spiro atoms. The normalized spacial score (nSPS) is 29.2. The standard InChI is InChI=1S/C10H16N2O3/c1-7(4-11)12-5-8(2)15-9(6-12)10(13)14-3/h7-9H,5-6H2,1-3H3/t7-,8-,9-/m1/s1. The van der Waals surface area contributed by atoms with Gasteiger partial charge in [0.2, 0.25) is 0 Å². The van der Waals surface area contributed by atoms with Crippen molar-refractivity contribution in [1.82, 2.24) is 4.90 Å². The summed E-state index contributed by atoms with van der Waals surface area (Å²) >= 11 is 0. The first-order valence-electron chi connectivity index (χ1n) is 4.95. The Bertz CT molecular complexity index is 274. The van der Waals surface area contributed by atoms with Crippen LogP contribution in [0.5, 0.6) is 0 Å². The average Bonchev–Trinajstić information content (AvgIpc) is 2.26. The Morgan fingerprint density at radius 2 is 2.33 bits per heavy atom. The quantitative estimate of drug-likeness (QED) is 0.610. The number of carbonyl (C=O) groups is 1. The van der Waals surface area contributed by atoms with Crippen LogP contribution < -0.4 is 0 Å². The summed E-state index contributed by atoms with van der Waals surface area (Å²) in [5.41, 5.74) is 0. The lowest BCUT2D eigenvalue weighted by Gasteiger charge is -2.36. The first-order chi connectivity index (χ1) is 7.08. The number of hydrogen-bond acceptors (Lipinski definition) is 5. The maximum atomic E-state index is 11.3. The van der Waals surface area contributed by atoms with Gasteiger partial charge in [0.1, 0.15) is 0 Å². The van der Waals surface area contributed by atoms with Gasteiger partial charge >= 0.3 is 5.97 Å². The van der Waals surface area contributed by atoms with Gasteiger partial charge in [-0.1, -0.05) is 0 Å². The molecule has 0 aromatic carbocycles. The van der Waals surface area contributed by atoms with Gasteiger partial charge in [-0.2, -0.15) is 5.26 Å². The first kappa shape index (κ1) is 12.0. The molecule has 0 aromatic rings. The van der Waals surface area contributed by atoms with Crippen LogP contribution in [0.15, 0.2) is 0 Å². The Balaban J connectivity index is 2.64. The SMILES string of the molecule is COC(=O)[C@H]1CN([C@H](C)C#N)C[C@@H](C)O1. The van der Waals surface area contributed by atoms with E-state index in [-0.39, 0.29) is 18.1 Å². The zero-order chi connectivity index (χ0) is 11.4. The number of nitriles is 1. The van der Waals surface area contributed by atoms with Crippen molar-refractivity contribution >= 4 is 5.97 Å². The van der Waals surface area contributed by atoms with Crippen LogP contribution in [0, 0.1) is 11.3 Å². The third-order valence-electron chi connectivity index (χ3n) is 2.49. The monoisotopic (exact) mass is 212 g/mol. The highest BCUT2D eigenvalue weighted by atomic mass is 16.6. The smallest absolute Gasteiger partial charge is 0.336 e. The lowest BCUT2D eigenvalue weighted by atomic mass is 10.2. The molecule has 0 aliphatic carbocycles. The molecule has 1 heterocycles. The molecule has 1 saturated heterocycles. The van der Waals surface area contributed by atoms with Gasteiger partial charge in [-0.05, 0) is 13.8 Å². The molecule has 0 aromatic heterocycles. The highest BCUT2D eigenvalue weighted by Crippen LogP contribution is 2.14. The van der Waals surface area contributed by atoms with Crippen LogP contribution in [0.4, 0.5) is 0 Å². The number of rotatable bonds is 2. The fraction of sp³-hybridized carbons (Fsp3) is 0.800. The van der Waals surface area contributed by atoms with Gasteiger partial charge in [0.25, 0.3) is 0 Å². The summed E-state index contributed by atoms with van der Waals surface area (Å²) in [6.07, 6.45) is -0.631. The second kappa shape index (κ2) is 5.10. The summed E-state index contributed by atoms with van der Waals surface area (Å²) in [6, 6.07) is 1.95. The largest absolute Gasteiger partial charge is 0.467 e. The van der Waals surface area contributed by atoms with Crippen molar-refractivity contribution in [2.45, 2.75) is 32.1 Å². The Morgan fingerprint density at radius 1 is 1.67 bits per heavy atom. The Labute approximate surface area is 89.6 Å². The van der Waals surface area contributed by atoms with Crippen molar-refractivity contribution in [3.8, 4) is 6.07 Å². The summed E-state index contributed by atoms with van der Waals surface area (Å²) in [5.74, 6) is -0.378. The number of morpholine rings is 1. The molecule has 1 aliphatic rings. The summed E-state index contributed by atoms with van der Waals surface area (Å²) < 4.78 is 10.1. The van der Waals surface area contributed by atoms with Crippen molar-refractivity contribution in [3.05, 3.63) is 0 Å². The van der Waals surface area contributed by atoms with E-state index >= 15 is 0 Å². The van der Waals surface area contributed by atoms with Crippen molar-refractivity contribution in [1.29, 1.82) is 5.26 Å². The van der Waals surface area contributed by atoms with E-state index in [1.165, 1.54) is 7.11 Å². The van der Waals surface area contributed by atoms with Gasteiger partial charge in [0.15, 0.2) is 6.10 Å². The molecule has 5 heteroatoms. The predicted octanol–water partition coefficient (Wildman–Crippen LogP) is 0.161. The molecule has 5 nitrogen and oxygen atoms in total. The second-order valence-electron chi connectivity index (χ2n) is 3.72. The molecule has 0 radical (unpaired) electrons. The molecule has 0 N–H and O–H groups in total. The molecule has 1 rings (SSSR count). The summed E-state index contributed by atoms with van der Waals surface area (Å²) in [4.78, 5) is 13.2. The molecule has 15 heavy (non-hydrogen) atoms. The number of carbonyl (C=O) groups excluding carboxylic acids is 1. The lowest BCUT2D eigenvalue weighted by molar-refractivity contribution is -0.166. The highest BCUT2D eigenvalue weighted by molar-refractivity contribution is 5.75. The summed E-state index contributed by atoms with van der Waals surface area (Å²) in [5, 5.41) is 8.81. The molecule has 0 saturated carbocycles. The van der Waals surface area contributed by atoms with Crippen molar-refractivity contribution in [3.63, 3.8) is 0 Å². The minimum Gasteiger partial charge on any atom is -0.467 e. The highest BCUT2D eigenvalue weighted by Gasteiger charge is 2.32. The molecule has 0 bridgehead atoms. The maximum Gasteiger partial charge on any atom is 0.336 e. The molecule has 0 amide bonds. The predicted molar refractivity (Wildman–Crippen MR) is 53.0 cm³/mol. The van der Waals surface area contributed by atoms with E-state index in [9.17, 15) is 4.79 Å². The van der Waals surface area contributed by atoms with Crippen molar-refractivity contribution in [2.24, 2.45) is 0 Å². The molecular weight excluding hydrogens is 196 g/mol. The van der Waals surface area contributed by atoms with Crippen LogP contribution in [0.25, 0.3) is 0 Å².